The molecule has 1 aromatic rings. The van der Waals surface area contributed by atoms with Crippen molar-refractivity contribution < 1.29 is 28.8 Å². The van der Waals surface area contributed by atoms with Crippen LogP contribution in [0.5, 0.6) is 0 Å². The fourth-order valence-electron chi connectivity index (χ4n) is 8.08. The van der Waals surface area contributed by atoms with Crippen LogP contribution in [0.2, 0.25) is 0 Å². The molecule has 0 aromatic carbocycles. The van der Waals surface area contributed by atoms with Crippen LogP contribution in [0.3, 0.4) is 0 Å². The first-order valence-electron chi connectivity index (χ1n) is 17.4. The minimum absolute atomic E-state index is 0.0618. The zero-order chi connectivity index (χ0) is 35.0. The summed E-state index contributed by atoms with van der Waals surface area (Å²) in [4.78, 5) is 90.0. The number of carbonyl (C=O) groups is 6. The molecule has 0 spiro atoms. The van der Waals surface area contributed by atoms with E-state index in [2.05, 4.69) is 39.8 Å². The predicted octanol–water partition coefficient (Wildman–Crippen LogP) is 1.90. The maximum atomic E-state index is 14.5. The summed E-state index contributed by atoms with van der Waals surface area (Å²) < 4.78 is 0. The summed E-state index contributed by atoms with van der Waals surface area (Å²) in [7, 11) is 0. The van der Waals surface area contributed by atoms with E-state index in [1.165, 1.54) is 23.5 Å². The number of nitrogens with one attached hydrogen (secondary N) is 3. The normalized spacial score (nSPS) is 25.4. The lowest BCUT2D eigenvalue weighted by Gasteiger charge is -2.39. The molecule has 48 heavy (non-hydrogen) atoms. The van der Waals surface area contributed by atoms with E-state index in [4.69, 9.17) is 5.73 Å². The van der Waals surface area contributed by atoms with E-state index < -0.39 is 64.9 Å². The Bertz CT molecular complexity index is 1420. The number of fused-ring (bicyclic) bond motifs is 1. The summed E-state index contributed by atoms with van der Waals surface area (Å²) in [5.74, 6) is -3.80. The van der Waals surface area contributed by atoms with Crippen LogP contribution in [0, 0.1) is 34.5 Å². The van der Waals surface area contributed by atoms with Crippen molar-refractivity contribution in [1.29, 1.82) is 0 Å². The van der Waals surface area contributed by atoms with E-state index in [0.29, 0.717) is 13.0 Å². The lowest BCUT2D eigenvalue weighted by atomic mass is 9.80. The minimum atomic E-state index is -1.10. The number of likely N-dealkylation sites (tertiary alicyclic amines) is 1. The number of nitrogens with two attached hydrogens (primary N) is 1. The van der Waals surface area contributed by atoms with Gasteiger partial charge in [-0.05, 0) is 53.8 Å². The third kappa shape index (κ3) is 7.39. The highest BCUT2D eigenvalue weighted by atomic mass is 16.2. The van der Waals surface area contributed by atoms with Crippen LogP contribution in [-0.4, -0.2) is 80.9 Å². The summed E-state index contributed by atoms with van der Waals surface area (Å²) in [6.07, 6.45) is 11.8. The smallest absolute Gasteiger partial charge is 0.287 e. The molecule has 0 radical (unpaired) electrons. The first-order valence-corrected chi connectivity index (χ1v) is 17.4. The Morgan fingerprint density at radius 1 is 0.958 bits per heavy atom. The molecular formula is C35H51N7O6. The lowest BCUT2D eigenvalue weighted by molar-refractivity contribution is -0.147. The van der Waals surface area contributed by atoms with Crippen LogP contribution < -0.4 is 21.7 Å². The number of aromatic nitrogens is 2. The van der Waals surface area contributed by atoms with Gasteiger partial charge in [0, 0.05) is 18.9 Å². The standard InChI is InChI=1S/C35H51N7O6/c1-34(2,3)28(41-31(46)25(20-12-7-6-8-13-20)40-30(45)23-17-37-14-15-38-23)33(48)42-18-21-24(35(21,4)5)26(42)32(47)39-22(27(43)29(36)44)16-19-10-9-11-19/h14-15,17,19-22,24-26,28H,6-13,16,18H2,1-5H3,(H2,36,44)(H,39,47)(H,40,45)(H,41,46)/t21-,22?,24-,25-,26-,28+/m0/s1. The van der Waals surface area contributed by atoms with Crippen LogP contribution >= 0.6 is 0 Å². The molecule has 262 valence electrons. The molecule has 1 aliphatic heterocycles. The third-order valence-electron chi connectivity index (χ3n) is 11.3. The highest BCUT2D eigenvalue weighted by molar-refractivity contribution is 6.37. The first-order chi connectivity index (χ1) is 22.6. The Morgan fingerprint density at radius 2 is 1.65 bits per heavy atom. The number of hydrogen-bond acceptors (Lipinski definition) is 8. The highest BCUT2D eigenvalue weighted by Gasteiger charge is 2.70. The van der Waals surface area contributed by atoms with Crippen LogP contribution in [-0.2, 0) is 24.0 Å². The number of ketones is 1. The number of hydrogen-bond donors (Lipinski definition) is 4. The number of carbonyl (C=O) groups excluding carboxylic acids is 6. The van der Waals surface area contributed by atoms with Gasteiger partial charge in [-0.25, -0.2) is 4.98 Å². The Hall–Kier alpha value is -3.90. The molecule has 3 aliphatic carbocycles. The van der Waals surface area contributed by atoms with Gasteiger partial charge >= 0.3 is 0 Å². The quantitative estimate of drug-likeness (QED) is 0.243. The molecule has 1 aromatic heterocycles. The number of Topliss-reactive ketones (excluding diaryl/α,β-unsaturated/α-hetero) is 1. The molecule has 0 bridgehead atoms. The Balaban J connectivity index is 1.37. The predicted molar refractivity (Wildman–Crippen MR) is 176 cm³/mol. The average Bonchev–Trinajstić information content (AvgIpc) is 3.33. The molecule has 5 rings (SSSR count). The van der Waals surface area contributed by atoms with Gasteiger partial charge in [0.05, 0.1) is 12.2 Å². The van der Waals surface area contributed by atoms with E-state index in [1.807, 2.05) is 20.8 Å². The molecule has 13 heteroatoms. The van der Waals surface area contributed by atoms with Crippen molar-refractivity contribution in [2.75, 3.05) is 6.54 Å². The second-order valence-corrected chi connectivity index (χ2v) is 16.0. The highest BCUT2D eigenvalue weighted by Crippen LogP contribution is 2.65. The fraction of sp³-hybridized carbons (Fsp3) is 0.714. The van der Waals surface area contributed by atoms with Crippen molar-refractivity contribution in [1.82, 2.24) is 30.8 Å². The maximum absolute atomic E-state index is 14.5. The number of amides is 5. The van der Waals surface area contributed by atoms with Gasteiger partial charge in [-0.15, -0.1) is 0 Å². The average molecular weight is 666 g/mol. The zero-order valence-electron chi connectivity index (χ0n) is 28.8. The summed E-state index contributed by atoms with van der Waals surface area (Å²) in [5.41, 5.74) is 4.49. The summed E-state index contributed by atoms with van der Waals surface area (Å²) in [6.45, 7) is 9.98. The van der Waals surface area contributed by atoms with Crippen LogP contribution in [0.4, 0.5) is 0 Å². The second kappa shape index (κ2) is 13.9. The molecule has 5 N–H and O–H groups in total. The van der Waals surface area contributed by atoms with Gasteiger partial charge in [0.2, 0.25) is 23.5 Å². The second-order valence-electron chi connectivity index (χ2n) is 16.0. The molecule has 5 amide bonds. The van der Waals surface area contributed by atoms with Crippen molar-refractivity contribution in [3.05, 3.63) is 24.3 Å². The topological polar surface area (TPSA) is 194 Å². The molecule has 1 unspecified atom stereocenters. The van der Waals surface area contributed by atoms with Crippen LogP contribution in [0.15, 0.2) is 18.6 Å². The summed E-state index contributed by atoms with van der Waals surface area (Å²) in [6, 6.07) is -3.84. The van der Waals surface area contributed by atoms with Crippen molar-refractivity contribution >= 4 is 35.3 Å². The van der Waals surface area contributed by atoms with E-state index in [0.717, 1.165) is 51.4 Å². The van der Waals surface area contributed by atoms with Crippen molar-refractivity contribution in [2.24, 2.45) is 40.2 Å². The Morgan fingerprint density at radius 3 is 2.21 bits per heavy atom. The van der Waals surface area contributed by atoms with Gasteiger partial charge in [-0.3, -0.25) is 33.8 Å². The first kappa shape index (κ1) is 35.4. The number of piperidine rings is 1. The molecule has 4 fully saturated rings. The summed E-state index contributed by atoms with van der Waals surface area (Å²) in [5, 5.41) is 8.67. The Labute approximate surface area is 282 Å². The minimum Gasteiger partial charge on any atom is -0.363 e. The van der Waals surface area contributed by atoms with Gasteiger partial charge in [-0.2, -0.15) is 0 Å². The Kier molecular flexibility index (Phi) is 10.3. The fourth-order valence-corrected chi connectivity index (χ4v) is 8.08. The molecule has 1 saturated heterocycles. The van der Waals surface area contributed by atoms with Gasteiger partial charge in [0.15, 0.2) is 0 Å². The zero-order valence-corrected chi connectivity index (χ0v) is 28.8. The largest absolute Gasteiger partial charge is 0.363 e. The molecule has 2 heterocycles. The SMILES string of the molecule is CC(C)(C)[C@H](NC(=O)[C@@H](NC(=O)c1cnccn1)C1CCCCC1)C(=O)N1C[C@H]2[C@@H]([C@H]1C(=O)NC(CC1CCC1)C(=O)C(N)=O)C2(C)C. The van der Waals surface area contributed by atoms with Gasteiger partial charge in [0.25, 0.3) is 11.8 Å². The van der Waals surface area contributed by atoms with Crippen LogP contribution in [0.1, 0.15) is 103 Å². The van der Waals surface area contributed by atoms with Crippen molar-refractivity contribution in [3.8, 4) is 0 Å². The molecule has 6 atom stereocenters. The van der Waals surface area contributed by atoms with E-state index >= 15 is 0 Å². The molecule has 3 saturated carbocycles. The number of primary amides is 1. The van der Waals surface area contributed by atoms with Crippen molar-refractivity contribution in [2.45, 2.75) is 117 Å². The molecule has 13 nitrogen and oxygen atoms in total. The van der Waals surface area contributed by atoms with E-state index in [-0.39, 0.29) is 34.8 Å². The molecular weight excluding hydrogens is 614 g/mol. The van der Waals surface area contributed by atoms with Gasteiger partial charge in [0.1, 0.15) is 23.8 Å². The van der Waals surface area contributed by atoms with Gasteiger partial charge in [-0.1, -0.05) is 73.1 Å². The van der Waals surface area contributed by atoms with Crippen molar-refractivity contribution in [3.63, 3.8) is 0 Å². The van der Waals surface area contributed by atoms with E-state index in [9.17, 15) is 28.8 Å². The maximum Gasteiger partial charge on any atom is 0.287 e. The lowest BCUT2D eigenvalue weighted by Crippen LogP contribution is -2.63. The molecule has 4 aliphatic rings. The monoisotopic (exact) mass is 665 g/mol. The van der Waals surface area contributed by atoms with Gasteiger partial charge < -0.3 is 26.6 Å². The van der Waals surface area contributed by atoms with E-state index in [1.54, 1.807) is 0 Å². The third-order valence-corrected chi connectivity index (χ3v) is 11.3. The number of nitrogens with zero attached hydrogens (tertiary/aromatic N) is 3. The van der Waals surface area contributed by atoms with Crippen LogP contribution in [0.25, 0.3) is 0 Å². The number of rotatable bonds is 12. The summed E-state index contributed by atoms with van der Waals surface area (Å²) >= 11 is 0.